The minimum atomic E-state index is -0.905. The van der Waals surface area contributed by atoms with Crippen LogP contribution in [0.25, 0.3) is 11.1 Å². The maximum Gasteiger partial charge on any atom is 0.407 e. The topological polar surface area (TPSA) is 155 Å². The van der Waals surface area contributed by atoms with Crippen LogP contribution in [0, 0.1) is 11.8 Å². The quantitative estimate of drug-likeness (QED) is 0.175. The third-order valence-electron chi connectivity index (χ3n) is 7.62. The lowest BCUT2D eigenvalue weighted by atomic mass is 9.82. The number of hydrazone groups is 1. The van der Waals surface area contributed by atoms with Crippen molar-refractivity contribution in [3.8, 4) is 11.1 Å². The second kappa shape index (κ2) is 14.2. The Morgan fingerprint density at radius 2 is 1.58 bits per heavy atom. The number of benzene rings is 2. The number of rotatable bonds is 10. The number of esters is 1. The Hall–Kier alpha value is -4.41. The Balaban J connectivity index is 1.31. The van der Waals surface area contributed by atoms with Crippen molar-refractivity contribution < 1.29 is 33.8 Å². The first-order valence-electron chi connectivity index (χ1n) is 14.6. The van der Waals surface area contributed by atoms with Crippen LogP contribution in [-0.2, 0) is 19.1 Å². The summed E-state index contributed by atoms with van der Waals surface area (Å²) in [5.74, 6) is -1.57. The van der Waals surface area contributed by atoms with Gasteiger partial charge in [-0.3, -0.25) is 9.59 Å². The summed E-state index contributed by atoms with van der Waals surface area (Å²) in [6.07, 6.45) is 2.93. The number of alkyl carbamates (subject to hydrolysis) is 1. The van der Waals surface area contributed by atoms with Gasteiger partial charge in [-0.2, -0.15) is 5.10 Å². The fraction of sp³-hybridized carbons (Fsp3) is 0.469. The van der Waals surface area contributed by atoms with Crippen molar-refractivity contribution in [3.05, 3.63) is 59.7 Å². The number of carboxylic acid groups (broad SMARTS) is 1. The van der Waals surface area contributed by atoms with E-state index in [2.05, 4.69) is 33.3 Å². The molecule has 0 bridgehead atoms. The highest BCUT2D eigenvalue weighted by molar-refractivity contribution is 5.83. The van der Waals surface area contributed by atoms with Crippen molar-refractivity contribution >= 4 is 30.3 Å². The average molecular weight is 593 g/mol. The van der Waals surface area contributed by atoms with Gasteiger partial charge in [0.2, 0.25) is 0 Å². The second-order valence-electron chi connectivity index (χ2n) is 12.0. The lowest BCUT2D eigenvalue weighted by Gasteiger charge is -2.26. The molecular weight excluding hydrogens is 552 g/mol. The molecule has 0 spiro atoms. The highest BCUT2D eigenvalue weighted by Gasteiger charge is 2.30. The summed E-state index contributed by atoms with van der Waals surface area (Å²) in [6, 6.07) is 14.6. The smallest absolute Gasteiger partial charge is 0.407 e. The van der Waals surface area contributed by atoms with Gasteiger partial charge in [0.15, 0.2) is 0 Å². The van der Waals surface area contributed by atoms with Gasteiger partial charge in [-0.1, -0.05) is 48.5 Å². The molecule has 43 heavy (non-hydrogen) atoms. The number of carbonyl (C=O) groups is 4. The molecule has 2 aromatic carbocycles. The molecule has 0 aromatic heterocycles. The van der Waals surface area contributed by atoms with Crippen LogP contribution in [0.3, 0.4) is 0 Å². The van der Waals surface area contributed by atoms with E-state index in [4.69, 9.17) is 14.6 Å². The van der Waals surface area contributed by atoms with E-state index >= 15 is 0 Å². The summed E-state index contributed by atoms with van der Waals surface area (Å²) in [4.78, 5) is 48.8. The monoisotopic (exact) mass is 592 g/mol. The molecule has 0 heterocycles. The van der Waals surface area contributed by atoms with Gasteiger partial charge in [0, 0.05) is 18.7 Å². The number of carboxylic acids is 1. The first kappa shape index (κ1) is 31.5. The molecule has 0 saturated heterocycles. The molecule has 1 fully saturated rings. The van der Waals surface area contributed by atoms with Gasteiger partial charge in [0.1, 0.15) is 12.2 Å². The number of hydrogen-bond donors (Lipinski definition) is 4. The average Bonchev–Trinajstić information content (AvgIpc) is 3.27. The maximum atomic E-state index is 12.9. The number of nitrogens with zero attached hydrogens (tertiary/aromatic N) is 1. The number of ether oxygens (including phenoxy) is 2. The van der Waals surface area contributed by atoms with E-state index in [-0.39, 0.29) is 30.8 Å². The van der Waals surface area contributed by atoms with Crippen molar-refractivity contribution in [2.24, 2.45) is 16.9 Å². The minimum absolute atomic E-state index is 0.102. The van der Waals surface area contributed by atoms with E-state index in [1.807, 2.05) is 36.4 Å². The molecule has 0 unspecified atom stereocenters. The molecule has 11 heteroatoms. The van der Waals surface area contributed by atoms with Crippen LogP contribution >= 0.6 is 0 Å². The number of carbonyl (C=O) groups excluding carboxylic acids is 3. The van der Waals surface area contributed by atoms with E-state index in [1.54, 1.807) is 20.8 Å². The Bertz CT molecular complexity index is 1300. The van der Waals surface area contributed by atoms with Gasteiger partial charge < -0.3 is 25.2 Å². The highest BCUT2D eigenvalue weighted by Crippen LogP contribution is 2.44. The summed E-state index contributed by atoms with van der Waals surface area (Å²) >= 11 is 0. The molecule has 230 valence electrons. The molecule has 1 atom stereocenters. The largest absolute Gasteiger partial charge is 0.481 e. The standard InChI is InChI=1S/C32H40N4O7/c1-32(2,3)43-28(37)16-22(18-34-36-30(40)33-17-20-12-14-21(15-13-20)29(38)39)35-31(41)42-19-27-25-10-6-4-8-23(25)24-9-5-7-11-26(24)27/h4-11,18,20-22,27H,12-17,19H2,1-3H3,(H,35,41)(H,38,39)(H2,33,36,40)/b34-18-/t20?,21?,22-/m0/s1. The van der Waals surface area contributed by atoms with Gasteiger partial charge in [0.25, 0.3) is 0 Å². The lowest BCUT2D eigenvalue weighted by Crippen LogP contribution is -2.41. The molecule has 2 aliphatic rings. The van der Waals surface area contributed by atoms with Crippen LogP contribution in [-0.4, -0.2) is 60.2 Å². The van der Waals surface area contributed by atoms with Crippen LogP contribution in [0.1, 0.15) is 69.9 Å². The molecule has 3 amide bonds. The van der Waals surface area contributed by atoms with Crippen molar-refractivity contribution in [2.75, 3.05) is 13.2 Å². The summed E-state index contributed by atoms with van der Waals surface area (Å²) in [5, 5.41) is 18.4. The third-order valence-corrected chi connectivity index (χ3v) is 7.62. The molecule has 1 saturated carbocycles. The van der Waals surface area contributed by atoms with Crippen LogP contribution in [0.5, 0.6) is 0 Å². The zero-order valence-corrected chi connectivity index (χ0v) is 24.8. The first-order chi connectivity index (χ1) is 20.5. The summed E-state index contributed by atoms with van der Waals surface area (Å²) in [6.45, 7) is 5.73. The minimum Gasteiger partial charge on any atom is -0.481 e. The summed E-state index contributed by atoms with van der Waals surface area (Å²) in [7, 11) is 0. The number of hydrogen-bond acceptors (Lipinski definition) is 7. The predicted octanol–water partition coefficient (Wildman–Crippen LogP) is 4.80. The molecule has 2 aromatic rings. The van der Waals surface area contributed by atoms with Crippen LogP contribution in [0.2, 0.25) is 0 Å². The Morgan fingerprint density at radius 1 is 0.977 bits per heavy atom. The SMILES string of the molecule is CC(C)(C)OC(=O)C[C@@H](/C=N\NC(=O)NCC1CCC(C(=O)O)CC1)NC(=O)OCC1c2ccccc2-c2ccccc21. The number of amides is 3. The van der Waals surface area contributed by atoms with E-state index in [0.717, 1.165) is 35.1 Å². The van der Waals surface area contributed by atoms with Crippen molar-refractivity contribution in [1.82, 2.24) is 16.1 Å². The van der Waals surface area contributed by atoms with E-state index in [0.29, 0.717) is 19.4 Å². The first-order valence-corrected chi connectivity index (χ1v) is 14.6. The van der Waals surface area contributed by atoms with Gasteiger partial charge in [-0.15, -0.1) is 0 Å². The zero-order chi connectivity index (χ0) is 31.0. The van der Waals surface area contributed by atoms with Gasteiger partial charge in [0.05, 0.1) is 18.4 Å². The fourth-order valence-electron chi connectivity index (χ4n) is 5.57. The predicted molar refractivity (Wildman–Crippen MR) is 161 cm³/mol. The van der Waals surface area contributed by atoms with Crippen molar-refractivity contribution in [1.29, 1.82) is 0 Å². The molecular formula is C32H40N4O7. The Labute approximate surface area is 251 Å². The fourth-order valence-corrected chi connectivity index (χ4v) is 5.57. The maximum absolute atomic E-state index is 12.9. The number of urea groups is 1. The molecule has 11 nitrogen and oxygen atoms in total. The molecule has 4 N–H and O–H groups in total. The van der Waals surface area contributed by atoms with E-state index in [1.165, 1.54) is 6.21 Å². The zero-order valence-electron chi connectivity index (χ0n) is 24.8. The normalized spacial score (nSPS) is 18.7. The second-order valence-corrected chi connectivity index (χ2v) is 12.0. The molecule has 0 radical (unpaired) electrons. The van der Waals surface area contributed by atoms with E-state index in [9.17, 15) is 19.2 Å². The molecule has 2 aliphatic carbocycles. The lowest BCUT2D eigenvalue weighted by molar-refractivity contribution is -0.155. The van der Waals surface area contributed by atoms with Crippen molar-refractivity contribution in [3.63, 3.8) is 0 Å². The van der Waals surface area contributed by atoms with Crippen LogP contribution in [0.4, 0.5) is 9.59 Å². The Kier molecular flexibility index (Phi) is 10.4. The van der Waals surface area contributed by atoms with Gasteiger partial charge in [-0.05, 0) is 74.6 Å². The van der Waals surface area contributed by atoms with Crippen LogP contribution in [0.15, 0.2) is 53.6 Å². The third kappa shape index (κ3) is 9.04. The number of aliphatic carboxylic acids is 1. The number of nitrogens with one attached hydrogen (secondary N) is 3. The van der Waals surface area contributed by atoms with Crippen LogP contribution < -0.4 is 16.1 Å². The summed E-state index contributed by atoms with van der Waals surface area (Å²) in [5.41, 5.74) is 6.01. The number of fused-ring (bicyclic) bond motifs is 3. The Morgan fingerprint density at radius 3 is 2.16 bits per heavy atom. The molecule has 0 aliphatic heterocycles. The van der Waals surface area contributed by atoms with E-state index < -0.39 is 35.7 Å². The van der Waals surface area contributed by atoms with Crippen molar-refractivity contribution in [2.45, 2.75) is 70.4 Å². The highest BCUT2D eigenvalue weighted by atomic mass is 16.6. The summed E-state index contributed by atoms with van der Waals surface area (Å²) < 4.78 is 11.0. The van der Waals surface area contributed by atoms with Gasteiger partial charge in [-0.25, -0.2) is 15.0 Å². The molecule has 4 rings (SSSR count). The van der Waals surface area contributed by atoms with Gasteiger partial charge >= 0.3 is 24.1 Å².